The Hall–Kier alpha value is -0.550. The van der Waals surface area contributed by atoms with E-state index in [1.165, 1.54) is 18.6 Å². The molecule has 1 aromatic rings. The van der Waals surface area contributed by atoms with E-state index in [-0.39, 0.29) is 8.96 Å². The van der Waals surface area contributed by atoms with Gasteiger partial charge < -0.3 is 0 Å². The zero-order valence-corrected chi connectivity index (χ0v) is 12.4. The predicted molar refractivity (Wildman–Crippen MR) is 74.3 cm³/mol. The Bertz CT molecular complexity index is 562. The molecule has 1 aromatic heterocycles. The minimum atomic E-state index is -3.46. The summed E-state index contributed by atoms with van der Waals surface area (Å²) in [5.74, 6) is 0. The molecular formula is C11H14N2O2S3. The first-order valence-corrected chi connectivity index (χ1v) is 9.09. The SMILES string of the molecule is CSC1(CNS(=O)(=O)c2ccc(C#N)s2)CCC1. The molecule has 0 aliphatic heterocycles. The highest BCUT2D eigenvalue weighted by molar-refractivity contribution is 8.00. The van der Waals surface area contributed by atoms with Crippen molar-refractivity contribution in [3.8, 4) is 6.07 Å². The number of thioether (sulfide) groups is 1. The highest BCUT2D eigenvalue weighted by Gasteiger charge is 2.37. The van der Waals surface area contributed by atoms with Crippen molar-refractivity contribution in [2.75, 3.05) is 12.8 Å². The van der Waals surface area contributed by atoms with Gasteiger partial charge in [0.25, 0.3) is 0 Å². The van der Waals surface area contributed by atoms with Crippen molar-refractivity contribution in [2.45, 2.75) is 28.2 Å². The van der Waals surface area contributed by atoms with Crippen LogP contribution in [0.3, 0.4) is 0 Å². The molecule has 1 aliphatic rings. The number of nitriles is 1. The van der Waals surface area contributed by atoms with Crippen molar-refractivity contribution in [3.63, 3.8) is 0 Å². The van der Waals surface area contributed by atoms with Crippen molar-refractivity contribution in [2.24, 2.45) is 0 Å². The fraction of sp³-hybridized carbons (Fsp3) is 0.545. The van der Waals surface area contributed by atoms with E-state index in [9.17, 15) is 8.42 Å². The molecule has 7 heteroatoms. The maximum absolute atomic E-state index is 12.0. The molecule has 98 valence electrons. The lowest BCUT2D eigenvalue weighted by Gasteiger charge is -2.40. The van der Waals surface area contributed by atoms with Crippen molar-refractivity contribution in [1.29, 1.82) is 5.26 Å². The van der Waals surface area contributed by atoms with E-state index in [1.54, 1.807) is 11.8 Å². The minimum Gasteiger partial charge on any atom is -0.209 e. The van der Waals surface area contributed by atoms with Crippen LogP contribution in [-0.2, 0) is 10.0 Å². The van der Waals surface area contributed by atoms with E-state index in [1.807, 2.05) is 12.3 Å². The van der Waals surface area contributed by atoms with E-state index < -0.39 is 10.0 Å². The van der Waals surface area contributed by atoms with E-state index in [0.717, 1.165) is 24.2 Å². The summed E-state index contributed by atoms with van der Waals surface area (Å²) in [7, 11) is -3.46. The second-order valence-corrected chi connectivity index (χ2v) is 8.65. The largest absolute Gasteiger partial charge is 0.250 e. The van der Waals surface area contributed by atoms with Gasteiger partial charge in [-0.25, -0.2) is 13.1 Å². The first-order chi connectivity index (χ1) is 8.51. The van der Waals surface area contributed by atoms with Gasteiger partial charge in [0, 0.05) is 11.3 Å². The Kier molecular flexibility index (Phi) is 4.02. The smallest absolute Gasteiger partial charge is 0.209 e. The maximum atomic E-state index is 12.0. The number of nitrogens with one attached hydrogen (secondary N) is 1. The number of thiophene rings is 1. The molecule has 4 nitrogen and oxygen atoms in total. The summed E-state index contributed by atoms with van der Waals surface area (Å²) in [6.45, 7) is 0.469. The van der Waals surface area contributed by atoms with E-state index in [4.69, 9.17) is 5.26 Å². The second-order valence-electron chi connectivity index (χ2n) is 4.30. The molecule has 0 spiro atoms. The summed E-state index contributed by atoms with van der Waals surface area (Å²) < 4.78 is 27.0. The normalized spacial score (nSPS) is 18.0. The fourth-order valence-corrected chi connectivity index (χ4v) is 5.13. The average Bonchev–Trinajstić information content (AvgIpc) is 2.77. The van der Waals surface area contributed by atoms with Gasteiger partial charge in [-0.2, -0.15) is 17.0 Å². The summed E-state index contributed by atoms with van der Waals surface area (Å²) in [4.78, 5) is 0.415. The number of nitrogens with zero attached hydrogens (tertiary/aromatic N) is 1. The Morgan fingerprint density at radius 2 is 2.28 bits per heavy atom. The number of rotatable bonds is 5. The zero-order valence-electron chi connectivity index (χ0n) is 9.97. The molecule has 0 bridgehead atoms. The molecule has 0 amide bonds. The van der Waals surface area contributed by atoms with Gasteiger partial charge in [0.2, 0.25) is 10.0 Å². The molecule has 1 saturated carbocycles. The highest BCUT2D eigenvalue weighted by atomic mass is 32.2. The Morgan fingerprint density at radius 1 is 1.56 bits per heavy atom. The van der Waals surface area contributed by atoms with Crippen LogP contribution in [0.1, 0.15) is 24.1 Å². The molecule has 2 rings (SSSR count). The molecule has 0 atom stereocenters. The van der Waals surface area contributed by atoms with Gasteiger partial charge in [-0.15, -0.1) is 11.3 Å². The Labute approximate surface area is 115 Å². The number of hydrogen-bond acceptors (Lipinski definition) is 5. The van der Waals surface area contributed by atoms with E-state index >= 15 is 0 Å². The van der Waals surface area contributed by atoms with Gasteiger partial charge in [0.15, 0.2) is 0 Å². The summed E-state index contributed by atoms with van der Waals surface area (Å²) in [6, 6.07) is 4.97. The average molecular weight is 302 g/mol. The van der Waals surface area contributed by atoms with Crippen molar-refractivity contribution < 1.29 is 8.42 Å². The first-order valence-electron chi connectivity index (χ1n) is 5.56. The third kappa shape index (κ3) is 2.72. The molecule has 1 heterocycles. The molecule has 0 unspecified atom stereocenters. The van der Waals surface area contributed by atoms with Gasteiger partial charge >= 0.3 is 0 Å². The van der Waals surface area contributed by atoms with E-state index in [2.05, 4.69) is 4.72 Å². The monoisotopic (exact) mass is 302 g/mol. The van der Waals surface area contributed by atoms with E-state index in [0.29, 0.717) is 11.4 Å². The molecule has 1 aliphatic carbocycles. The first kappa shape index (κ1) is 13.9. The molecule has 0 aromatic carbocycles. The zero-order chi connectivity index (χ0) is 13.2. The summed E-state index contributed by atoms with van der Waals surface area (Å²) in [5.41, 5.74) is 0. The standard InChI is InChI=1S/C11H14N2O2S3/c1-16-11(5-2-6-11)8-13-18(14,15)10-4-3-9(7-12)17-10/h3-4,13H,2,5-6,8H2,1H3. The summed E-state index contributed by atoms with van der Waals surface area (Å²) in [5, 5.41) is 8.70. The molecule has 0 saturated heterocycles. The van der Waals surface area contributed by atoms with Crippen LogP contribution in [0.5, 0.6) is 0 Å². The molecule has 1 fully saturated rings. The molecular weight excluding hydrogens is 288 g/mol. The van der Waals surface area contributed by atoms with Crippen LogP contribution >= 0.6 is 23.1 Å². The fourth-order valence-electron chi connectivity index (χ4n) is 1.85. The van der Waals surface area contributed by atoms with Gasteiger partial charge in [-0.3, -0.25) is 0 Å². The number of sulfonamides is 1. The summed E-state index contributed by atoms with van der Waals surface area (Å²) >= 11 is 2.73. The highest BCUT2D eigenvalue weighted by Crippen LogP contribution is 2.42. The topological polar surface area (TPSA) is 70.0 Å². The van der Waals surface area contributed by atoms with Gasteiger partial charge in [-0.05, 0) is 31.2 Å². The lowest BCUT2D eigenvalue weighted by Crippen LogP contribution is -2.45. The van der Waals surface area contributed by atoms with Crippen molar-refractivity contribution in [3.05, 3.63) is 17.0 Å². The van der Waals surface area contributed by atoms with Crippen LogP contribution in [-0.4, -0.2) is 26.0 Å². The lowest BCUT2D eigenvalue weighted by atomic mass is 9.84. The maximum Gasteiger partial charge on any atom is 0.250 e. The quantitative estimate of drug-likeness (QED) is 0.905. The van der Waals surface area contributed by atoms with Crippen LogP contribution in [0.25, 0.3) is 0 Å². The lowest BCUT2D eigenvalue weighted by molar-refractivity contribution is 0.362. The molecule has 1 N–H and O–H groups in total. The number of hydrogen-bond donors (Lipinski definition) is 1. The van der Waals surface area contributed by atoms with Crippen LogP contribution in [0.2, 0.25) is 0 Å². The van der Waals surface area contributed by atoms with Crippen LogP contribution in [0.15, 0.2) is 16.3 Å². The predicted octanol–water partition coefficient (Wildman–Crippen LogP) is 2.18. The van der Waals surface area contributed by atoms with Gasteiger partial charge in [0.05, 0.1) is 0 Å². The second kappa shape index (κ2) is 5.21. The minimum absolute atomic E-state index is 0.0718. The van der Waals surface area contributed by atoms with Gasteiger partial charge in [0.1, 0.15) is 15.2 Å². The Balaban J connectivity index is 2.06. The molecule has 0 radical (unpaired) electrons. The van der Waals surface area contributed by atoms with Crippen LogP contribution in [0.4, 0.5) is 0 Å². The third-order valence-electron chi connectivity index (χ3n) is 3.24. The van der Waals surface area contributed by atoms with Crippen molar-refractivity contribution >= 4 is 33.1 Å². The van der Waals surface area contributed by atoms with Crippen LogP contribution in [0, 0.1) is 11.3 Å². The van der Waals surface area contributed by atoms with Crippen molar-refractivity contribution in [1.82, 2.24) is 4.72 Å². The van der Waals surface area contributed by atoms with Gasteiger partial charge in [-0.1, -0.05) is 6.42 Å². The Morgan fingerprint density at radius 3 is 2.72 bits per heavy atom. The third-order valence-corrected chi connectivity index (χ3v) is 7.54. The molecule has 18 heavy (non-hydrogen) atoms. The van der Waals surface area contributed by atoms with Crippen LogP contribution < -0.4 is 4.72 Å². The summed E-state index contributed by atoms with van der Waals surface area (Å²) in [6.07, 6.45) is 5.31.